The molecule has 0 aliphatic carbocycles. The highest BCUT2D eigenvalue weighted by molar-refractivity contribution is 6.21. The summed E-state index contributed by atoms with van der Waals surface area (Å²) >= 11 is 0. The highest BCUT2D eigenvalue weighted by Gasteiger charge is 2.40. The summed E-state index contributed by atoms with van der Waals surface area (Å²) in [6, 6.07) is 12.9. The van der Waals surface area contributed by atoms with E-state index in [0.717, 1.165) is 5.56 Å². The van der Waals surface area contributed by atoms with Gasteiger partial charge in [-0.05, 0) is 50.8 Å². The Hall–Kier alpha value is -4.21. The normalized spacial score (nSPS) is 14.5. The molecule has 3 rings (SSSR count). The monoisotopic (exact) mass is 523 g/mol. The van der Waals surface area contributed by atoms with E-state index in [1.165, 1.54) is 12.1 Å². The standard InChI is InChI=1S/C28H33N3O7/c1-17(2)15-22(26(35)38-31-24(33)19-13-9-10-14-20(19)25(31)34)29-23(32)21(16-18-11-7-6-8-12-18)30-27(36)37-28(3,4)5/h6-14,17,21-22H,15-16H2,1-5H3,(H,29,32)(H,30,36)/t21-,22-/m0/s1. The van der Waals surface area contributed by atoms with Gasteiger partial charge in [0.1, 0.15) is 17.7 Å². The fraction of sp³-hybridized carbons (Fsp3) is 0.393. The molecule has 202 valence electrons. The Balaban J connectivity index is 1.77. The topological polar surface area (TPSA) is 131 Å². The van der Waals surface area contributed by atoms with Crippen LogP contribution in [0.5, 0.6) is 0 Å². The quantitative estimate of drug-likeness (QED) is 0.482. The van der Waals surface area contributed by atoms with Gasteiger partial charge in [-0.2, -0.15) is 0 Å². The lowest BCUT2D eigenvalue weighted by atomic mass is 10.0. The first-order chi connectivity index (χ1) is 17.9. The molecule has 2 N–H and O–H groups in total. The molecule has 0 fully saturated rings. The van der Waals surface area contributed by atoms with Gasteiger partial charge in [0.2, 0.25) is 5.91 Å². The van der Waals surface area contributed by atoms with Crippen LogP contribution in [0.25, 0.3) is 0 Å². The van der Waals surface area contributed by atoms with Gasteiger partial charge in [0.05, 0.1) is 11.1 Å². The lowest BCUT2D eigenvalue weighted by Gasteiger charge is -2.26. The third-order valence-electron chi connectivity index (χ3n) is 5.54. The highest BCUT2D eigenvalue weighted by Crippen LogP contribution is 2.23. The number of nitrogens with one attached hydrogen (secondary N) is 2. The Morgan fingerprint density at radius 1 is 0.842 bits per heavy atom. The number of fused-ring (bicyclic) bond motifs is 1. The Morgan fingerprint density at radius 2 is 1.39 bits per heavy atom. The fourth-order valence-corrected chi connectivity index (χ4v) is 3.87. The number of hydroxylamine groups is 2. The van der Waals surface area contributed by atoms with Crippen LogP contribution < -0.4 is 10.6 Å². The van der Waals surface area contributed by atoms with E-state index >= 15 is 0 Å². The summed E-state index contributed by atoms with van der Waals surface area (Å²) in [4.78, 5) is 69.4. The van der Waals surface area contributed by atoms with E-state index in [-0.39, 0.29) is 29.9 Å². The molecule has 0 radical (unpaired) electrons. The molecule has 1 aliphatic rings. The molecule has 1 aliphatic heterocycles. The van der Waals surface area contributed by atoms with E-state index in [9.17, 15) is 24.0 Å². The Morgan fingerprint density at radius 3 is 1.92 bits per heavy atom. The van der Waals surface area contributed by atoms with E-state index in [4.69, 9.17) is 9.57 Å². The van der Waals surface area contributed by atoms with Crippen LogP contribution in [0.15, 0.2) is 54.6 Å². The van der Waals surface area contributed by atoms with E-state index in [2.05, 4.69) is 10.6 Å². The van der Waals surface area contributed by atoms with E-state index in [1.807, 2.05) is 19.9 Å². The van der Waals surface area contributed by atoms with Gasteiger partial charge in [0, 0.05) is 6.42 Å². The predicted octanol–water partition coefficient (Wildman–Crippen LogP) is 3.41. The molecule has 10 heteroatoms. The van der Waals surface area contributed by atoms with Gasteiger partial charge < -0.3 is 20.2 Å². The molecule has 2 aromatic carbocycles. The SMILES string of the molecule is CC(C)C[C@H](NC(=O)[C@H](Cc1ccccc1)NC(=O)OC(C)(C)C)C(=O)ON1C(=O)c2ccccc2C1=O. The van der Waals surface area contributed by atoms with Gasteiger partial charge in [0.25, 0.3) is 11.8 Å². The molecule has 4 amide bonds. The van der Waals surface area contributed by atoms with Crippen LogP contribution >= 0.6 is 0 Å². The molecule has 1 heterocycles. The molecule has 0 saturated heterocycles. The summed E-state index contributed by atoms with van der Waals surface area (Å²) in [7, 11) is 0. The first-order valence-corrected chi connectivity index (χ1v) is 12.4. The number of amides is 4. The number of nitrogens with zero attached hydrogens (tertiary/aromatic N) is 1. The van der Waals surface area contributed by atoms with Crippen molar-refractivity contribution in [1.29, 1.82) is 0 Å². The smallest absolute Gasteiger partial charge is 0.408 e. The van der Waals surface area contributed by atoms with Crippen LogP contribution in [0.4, 0.5) is 4.79 Å². The van der Waals surface area contributed by atoms with Crippen LogP contribution in [-0.4, -0.2) is 52.5 Å². The molecule has 0 bridgehead atoms. The molecular weight excluding hydrogens is 490 g/mol. The van der Waals surface area contributed by atoms with Gasteiger partial charge in [-0.3, -0.25) is 14.4 Å². The number of benzene rings is 2. The van der Waals surface area contributed by atoms with E-state index < -0.39 is 47.5 Å². The third kappa shape index (κ3) is 7.41. The van der Waals surface area contributed by atoms with Crippen molar-refractivity contribution in [3.05, 3.63) is 71.3 Å². The molecule has 0 saturated carbocycles. The molecular formula is C28H33N3O7. The van der Waals surface area contributed by atoms with Crippen molar-refractivity contribution in [2.24, 2.45) is 5.92 Å². The summed E-state index contributed by atoms with van der Waals surface area (Å²) in [5, 5.41) is 5.61. The van der Waals surface area contributed by atoms with Crippen molar-refractivity contribution >= 4 is 29.8 Å². The van der Waals surface area contributed by atoms with Crippen LogP contribution in [-0.2, 0) is 25.6 Å². The maximum absolute atomic E-state index is 13.4. The minimum atomic E-state index is -1.19. The molecule has 0 aromatic heterocycles. The second-order valence-corrected chi connectivity index (χ2v) is 10.4. The number of ether oxygens (including phenoxy) is 1. The van der Waals surface area contributed by atoms with Crippen molar-refractivity contribution in [3.63, 3.8) is 0 Å². The van der Waals surface area contributed by atoms with Gasteiger partial charge in [-0.1, -0.05) is 61.4 Å². The predicted molar refractivity (Wildman–Crippen MR) is 138 cm³/mol. The average molecular weight is 524 g/mol. The molecule has 38 heavy (non-hydrogen) atoms. The Bertz CT molecular complexity index is 1170. The molecule has 10 nitrogen and oxygen atoms in total. The zero-order valence-electron chi connectivity index (χ0n) is 22.1. The lowest BCUT2D eigenvalue weighted by Crippen LogP contribution is -2.54. The van der Waals surface area contributed by atoms with Crippen LogP contribution in [0.3, 0.4) is 0 Å². The average Bonchev–Trinajstić information content (AvgIpc) is 3.07. The van der Waals surface area contributed by atoms with Crippen molar-refractivity contribution in [1.82, 2.24) is 15.7 Å². The minimum absolute atomic E-state index is 0.0542. The maximum atomic E-state index is 13.4. The van der Waals surface area contributed by atoms with Crippen molar-refractivity contribution in [3.8, 4) is 0 Å². The zero-order valence-corrected chi connectivity index (χ0v) is 22.1. The summed E-state index contributed by atoms with van der Waals surface area (Å²) in [6.45, 7) is 8.79. The Labute approximate surface area is 221 Å². The summed E-state index contributed by atoms with van der Waals surface area (Å²) < 4.78 is 5.31. The summed E-state index contributed by atoms with van der Waals surface area (Å²) in [5.41, 5.74) is 0.241. The molecule has 2 atom stereocenters. The van der Waals surface area contributed by atoms with Gasteiger partial charge in [0.15, 0.2) is 0 Å². The second-order valence-electron chi connectivity index (χ2n) is 10.4. The van der Waals surface area contributed by atoms with Crippen LogP contribution in [0.2, 0.25) is 0 Å². The van der Waals surface area contributed by atoms with Crippen LogP contribution in [0, 0.1) is 5.92 Å². The first-order valence-electron chi connectivity index (χ1n) is 12.4. The summed E-state index contributed by atoms with van der Waals surface area (Å²) in [5.74, 6) is -3.20. The first kappa shape index (κ1) is 28.4. The zero-order chi connectivity index (χ0) is 28.0. The minimum Gasteiger partial charge on any atom is -0.444 e. The lowest BCUT2D eigenvalue weighted by molar-refractivity contribution is -0.172. The number of rotatable bonds is 9. The van der Waals surface area contributed by atoms with E-state index in [1.54, 1.807) is 57.2 Å². The van der Waals surface area contributed by atoms with Gasteiger partial charge in [-0.25, -0.2) is 9.59 Å². The maximum Gasteiger partial charge on any atom is 0.408 e. The highest BCUT2D eigenvalue weighted by atomic mass is 16.7. The summed E-state index contributed by atoms with van der Waals surface area (Å²) in [6.07, 6.45) is -0.492. The van der Waals surface area contributed by atoms with Crippen LogP contribution in [0.1, 0.15) is 67.3 Å². The second kappa shape index (κ2) is 11.9. The Kier molecular flexibility index (Phi) is 8.88. The van der Waals surface area contributed by atoms with Gasteiger partial charge >= 0.3 is 12.1 Å². The third-order valence-corrected chi connectivity index (χ3v) is 5.54. The number of hydrogen-bond acceptors (Lipinski definition) is 7. The largest absolute Gasteiger partial charge is 0.444 e. The number of imide groups is 1. The van der Waals surface area contributed by atoms with E-state index in [0.29, 0.717) is 5.06 Å². The van der Waals surface area contributed by atoms with Gasteiger partial charge in [-0.15, -0.1) is 0 Å². The number of alkyl carbamates (subject to hydrolysis) is 1. The number of carbonyl (C=O) groups is 5. The number of hydrogen-bond donors (Lipinski definition) is 2. The van der Waals surface area contributed by atoms with Crippen molar-refractivity contribution < 1.29 is 33.5 Å². The van der Waals surface area contributed by atoms with Crippen molar-refractivity contribution in [2.75, 3.05) is 0 Å². The number of carbonyl (C=O) groups excluding carboxylic acids is 5. The molecule has 0 spiro atoms. The fourth-order valence-electron chi connectivity index (χ4n) is 3.87. The molecule has 0 unspecified atom stereocenters. The van der Waals surface area contributed by atoms with Crippen molar-refractivity contribution in [2.45, 2.75) is 65.1 Å². The molecule has 2 aromatic rings.